The third-order valence-corrected chi connectivity index (χ3v) is 4.72. The minimum atomic E-state index is -0.642. The van der Waals surface area contributed by atoms with Gasteiger partial charge in [0.25, 0.3) is 5.91 Å². The van der Waals surface area contributed by atoms with Crippen molar-refractivity contribution in [3.05, 3.63) is 70.2 Å². The Balaban J connectivity index is 1.81. The molecule has 0 bridgehead atoms. The summed E-state index contributed by atoms with van der Waals surface area (Å²) in [7, 11) is 0. The van der Waals surface area contributed by atoms with Crippen molar-refractivity contribution in [3.8, 4) is 0 Å². The molecule has 0 aliphatic heterocycles. The highest BCUT2D eigenvalue weighted by atomic mass is 35.5. The lowest BCUT2D eigenvalue weighted by atomic mass is 9.86. The summed E-state index contributed by atoms with van der Waals surface area (Å²) in [4.78, 5) is 24.4. The van der Waals surface area contributed by atoms with Gasteiger partial charge in [-0.2, -0.15) is 0 Å². The summed E-state index contributed by atoms with van der Waals surface area (Å²) in [6.07, 6.45) is 0.737. The quantitative estimate of drug-likeness (QED) is 0.784. The van der Waals surface area contributed by atoms with Crippen molar-refractivity contribution < 1.29 is 9.59 Å². The molecule has 2 amide bonds. The monoisotopic (exact) mass is 386 g/mol. The molecule has 0 heterocycles. The van der Waals surface area contributed by atoms with Crippen LogP contribution in [0.1, 0.15) is 49.2 Å². The van der Waals surface area contributed by atoms with E-state index in [-0.39, 0.29) is 17.2 Å². The molecule has 0 spiro atoms. The van der Waals surface area contributed by atoms with E-state index in [0.717, 1.165) is 12.0 Å². The van der Waals surface area contributed by atoms with Crippen molar-refractivity contribution in [2.24, 2.45) is 0 Å². The Morgan fingerprint density at radius 1 is 1.04 bits per heavy atom. The van der Waals surface area contributed by atoms with Crippen molar-refractivity contribution in [1.82, 2.24) is 10.6 Å². The van der Waals surface area contributed by atoms with Crippen molar-refractivity contribution in [1.29, 1.82) is 0 Å². The highest BCUT2D eigenvalue weighted by molar-refractivity contribution is 6.33. The van der Waals surface area contributed by atoms with Crippen LogP contribution in [0.25, 0.3) is 0 Å². The normalized spacial score (nSPS) is 12.3. The second kappa shape index (κ2) is 9.05. The fraction of sp³-hybridized carbons (Fsp3) is 0.364. The molecule has 0 fully saturated rings. The number of halogens is 1. The van der Waals surface area contributed by atoms with Gasteiger partial charge in [-0.3, -0.25) is 9.59 Å². The molecule has 0 saturated carbocycles. The van der Waals surface area contributed by atoms with Gasteiger partial charge in [-0.15, -0.1) is 0 Å². The van der Waals surface area contributed by atoms with Crippen LogP contribution in [-0.4, -0.2) is 24.4 Å². The summed E-state index contributed by atoms with van der Waals surface area (Å²) in [6, 6.07) is 14.6. The van der Waals surface area contributed by atoms with E-state index in [9.17, 15) is 9.59 Å². The molecule has 0 aliphatic carbocycles. The third-order valence-electron chi connectivity index (χ3n) is 4.39. The SMILES string of the molecule is CC(NC(=O)c1ccccc1Cl)C(=O)NCCc1ccc(C(C)(C)C)cc1. The van der Waals surface area contributed by atoms with Crippen molar-refractivity contribution in [2.45, 2.75) is 45.6 Å². The van der Waals surface area contributed by atoms with Crippen LogP contribution in [0.3, 0.4) is 0 Å². The van der Waals surface area contributed by atoms with Crippen LogP contribution in [0.5, 0.6) is 0 Å². The van der Waals surface area contributed by atoms with E-state index in [1.54, 1.807) is 31.2 Å². The van der Waals surface area contributed by atoms with Crippen LogP contribution in [0.4, 0.5) is 0 Å². The van der Waals surface area contributed by atoms with Crippen LogP contribution in [-0.2, 0) is 16.6 Å². The molecule has 0 radical (unpaired) electrons. The molecule has 144 valence electrons. The fourth-order valence-electron chi connectivity index (χ4n) is 2.64. The lowest BCUT2D eigenvalue weighted by molar-refractivity contribution is -0.122. The standard InChI is InChI=1S/C22H27ClN2O2/c1-15(25-21(27)18-7-5-6-8-19(18)23)20(26)24-14-13-16-9-11-17(12-10-16)22(2,3)4/h5-12,15H,13-14H2,1-4H3,(H,24,26)(H,25,27). The number of rotatable bonds is 6. The van der Waals surface area contributed by atoms with Crippen LogP contribution in [0.15, 0.2) is 48.5 Å². The maximum Gasteiger partial charge on any atom is 0.253 e. The molecule has 0 saturated heterocycles. The van der Waals surface area contributed by atoms with Crippen LogP contribution in [0.2, 0.25) is 5.02 Å². The summed E-state index contributed by atoms with van der Waals surface area (Å²) in [5.74, 6) is -0.581. The minimum absolute atomic E-state index is 0.127. The van der Waals surface area contributed by atoms with E-state index >= 15 is 0 Å². The molecule has 27 heavy (non-hydrogen) atoms. The van der Waals surface area contributed by atoms with Crippen molar-refractivity contribution in [3.63, 3.8) is 0 Å². The maximum atomic E-state index is 12.2. The van der Waals surface area contributed by atoms with Crippen LogP contribution >= 0.6 is 11.6 Å². The van der Waals surface area contributed by atoms with Gasteiger partial charge in [0.05, 0.1) is 10.6 Å². The van der Waals surface area contributed by atoms with Crippen molar-refractivity contribution in [2.75, 3.05) is 6.54 Å². The van der Waals surface area contributed by atoms with Gasteiger partial charge in [-0.05, 0) is 42.0 Å². The second-order valence-electron chi connectivity index (χ2n) is 7.66. The smallest absolute Gasteiger partial charge is 0.253 e. The van der Waals surface area contributed by atoms with Gasteiger partial charge in [0.2, 0.25) is 5.91 Å². The summed E-state index contributed by atoms with van der Waals surface area (Å²) in [5.41, 5.74) is 2.93. The summed E-state index contributed by atoms with van der Waals surface area (Å²) in [5, 5.41) is 5.90. The first-order valence-corrected chi connectivity index (χ1v) is 9.49. The number of carbonyl (C=O) groups excluding carboxylic acids is 2. The summed E-state index contributed by atoms with van der Waals surface area (Å²) >= 11 is 6.01. The predicted molar refractivity (Wildman–Crippen MR) is 110 cm³/mol. The van der Waals surface area contributed by atoms with Gasteiger partial charge in [-0.25, -0.2) is 0 Å². The van der Waals surface area contributed by atoms with Gasteiger partial charge in [-0.1, -0.05) is 68.8 Å². The lowest BCUT2D eigenvalue weighted by Crippen LogP contribution is -2.45. The van der Waals surface area contributed by atoms with E-state index in [1.165, 1.54) is 5.56 Å². The fourth-order valence-corrected chi connectivity index (χ4v) is 2.86. The molecule has 1 atom stereocenters. The van der Waals surface area contributed by atoms with E-state index in [2.05, 4.69) is 55.7 Å². The Bertz CT molecular complexity index is 795. The topological polar surface area (TPSA) is 58.2 Å². The lowest BCUT2D eigenvalue weighted by Gasteiger charge is -2.19. The summed E-state index contributed by atoms with van der Waals surface area (Å²) < 4.78 is 0. The van der Waals surface area contributed by atoms with Crippen molar-refractivity contribution >= 4 is 23.4 Å². The van der Waals surface area contributed by atoms with E-state index in [1.807, 2.05) is 0 Å². The van der Waals surface area contributed by atoms with Crippen LogP contribution < -0.4 is 10.6 Å². The van der Waals surface area contributed by atoms with E-state index in [4.69, 9.17) is 11.6 Å². The largest absolute Gasteiger partial charge is 0.354 e. The Kier molecular flexibility index (Phi) is 7.03. The van der Waals surface area contributed by atoms with Gasteiger partial charge >= 0.3 is 0 Å². The minimum Gasteiger partial charge on any atom is -0.354 e. The molecular weight excluding hydrogens is 360 g/mol. The number of carbonyl (C=O) groups is 2. The van der Waals surface area contributed by atoms with Gasteiger partial charge in [0.1, 0.15) is 6.04 Å². The molecule has 2 N–H and O–H groups in total. The zero-order valence-electron chi connectivity index (χ0n) is 16.3. The Morgan fingerprint density at radius 3 is 2.26 bits per heavy atom. The molecule has 4 nitrogen and oxygen atoms in total. The van der Waals surface area contributed by atoms with Crippen LogP contribution in [0, 0.1) is 0 Å². The molecule has 2 rings (SSSR count). The maximum absolute atomic E-state index is 12.2. The molecule has 2 aromatic carbocycles. The zero-order valence-corrected chi connectivity index (χ0v) is 17.1. The highest BCUT2D eigenvalue weighted by Gasteiger charge is 2.18. The summed E-state index contributed by atoms with van der Waals surface area (Å²) in [6.45, 7) is 8.71. The molecule has 0 aromatic heterocycles. The molecular formula is C22H27ClN2O2. The van der Waals surface area contributed by atoms with Gasteiger partial charge in [0, 0.05) is 6.54 Å². The average Bonchev–Trinajstić information content (AvgIpc) is 2.61. The number of hydrogen-bond donors (Lipinski definition) is 2. The third kappa shape index (κ3) is 6.10. The number of amides is 2. The first kappa shape index (κ1) is 21.0. The number of nitrogens with one attached hydrogen (secondary N) is 2. The first-order chi connectivity index (χ1) is 12.7. The molecule has 5 heteroatoms. The van der Waals surface area contributed by atoms with Gasteiger partial charge < -0.3 is 10.6 Å². The number of benzene rings is 2. The average molecular weight is 387 g/mol. The van der Waals surface area contributed by atoms with E-state index in [0.29, 0.717) is 17.1 Å². The zero-order chi connectivity index (χ0) is 20.0. The molecule has 2 aromatic rings. The Labute approximate surface area is 166 Å². The molecule has 0 aliphatic rings. The Morgan fingerprint density at radius 2 is 1.67 bits per heavy atom. The van der Waals surface area contributed by atoms with E-state index < -0.39 is 6.04 Å². The second-order valence-corrected chi connectivity index (χ2v) is 8.07. The predicted octanol–water partition coefficient (Wildman–Crippen LogP) is 4.11. The number of hydrogen-bond acceptors (Lipinski definition) is 2. The molecule has 1 unspecified atom stereocenters. The Hall–Kier alpha value is -2.33. The van der Waals surface area contributed by atoms with Gasteiger partial charge in [0.15, 0.2) is 0 Å². The first-order valence-electron chi connectivity index (χ1n) is 9.11. The highest BCUT2D eigenvalue weighted by Crippen LogP contribution is 2.22.